The van der Waals surface area contributed by atoms with Gasteiger partial charge in [-0.05, 0) is 24.3 Å². The van der Waals surface area contributed by atoms with Crippen molar-refractivity contribution in [1.82, 2.24) is 9.78 Å². The van der Waals surface area contributed by atoms with E-state index >= 15 is 0 Å². The van der Waals surface area contributed by atoms with Gasteiger partial charge in [0.2, 0.25) is 5.91 Å². The predicted octanol–water partition coefficient (Wildman–Crippen LogP) is 1.96. The quantitative estimate of drug-likeness (QED) is 0.875. The van der Waals surface area contributed by atoms with Crippen LogP contribution < -0.4 is 5.32 Å². The number of amides is 1. The summed E-state index contributed by atoms with van der Waals surface area (Å²) in [7, 11) is 1.31. The van der Waals surface area contributed by atoms with Gasteiger partial charge in [0.1, 0.15) is 6.54 Å². The van der Waals surface area contributed by atoms with Crippen molar-refractivity contribution in [2.75, 3.05) is 12.4 Å². The van der Waals surface area contributed by atoms with Gasteiger partial charge in [0, 0.05) is 11.9 Å². The summed E-state index contributed by atoms with van der Waals surface area (Å²) in [6.07, 6.45) is 3.02. The number of carbonyl (C=O) groups excluding carboxylic acids is 2. The molecule has 0 saturated carbocycles. The van der Waals surface area contributed by atoms with Crippen molar-refractivity contribution in [2.45, 2.75) is 6.54 Å². The van der Waals surface area contributed by atoms with Gasteiger partial charge in [-0.25, -0.2) is 4.79 Å². The molecule has 7 heteroatoms. The van der Waals surface area contributed by atoms with Crippen molar-refractivity contribution in [3.8, 4) is 0 Å². The van der Waals surface area contributed by atoms with E-state index in [2.05, 4.69) is 15.2 Å². The predicted molar refractivity (Wildman–Crippen MR) is 73.6 cm³/mol. The maximum atomic E-state index is 11.8. The number of anilines is 1. The van der Waals surface area contributed by atoms with E-state index in [4.69, 9.17) is 11.6 Å². The van der Waals surface area contributed by atoms with Gasteiger partial charge in [0.05, 0.1) is 23.9 Å². The smallest absolute Gasteiger partial charge is 0.337 e. The highest BCUT2D eigenvalue weighted by Crippen LogP contribution is 2.11. The van der Waals surface area contributed by atoms with Gasteiger partial charge in [-0.3, -0.25) is 9.48 Å². The maximum Gasteiger partial charge on any atom is 0.337 e. The number of halogens is 1. The van der Waals surface area contributed by atoms with Crippen LogP contribution in [0.4, 0.5) is 5.69 Å². The highest BCUT2D eigenvalue weighted by molar-refractivity contribution is 6.30. The van der Waals surface area contributed by atoms with E-state index in [-0.39, 0.29) is 12.5 Å². The molecule has 0 fully saturated rings. The molecule has 0 aliphatic heterocycles. The zero-order chi connectivity index (χ0) is 14.5. The number of rotatable bonds is 4. The zero-order valence-electron chi connectivity index (χ0n) is 10.7. The zero-order valence-corrected chi connectivity index (χ0v) is 11.4. The van der Waals surface area contributed by atoms with Gasteiger partial charge in [-0.1, -0.05) is 11.6 Å². The van der Waals surface area contributed by atoms with Crippen molar-refractivity contribution in [3.63, 3.8) is 0 Å². The summed E-state index contributed by atoms with van der Waals surface area (Å²) in [5.41, 5.74) is 1.00. The third-order valence-corrected chi connectivity index (χ3v) is 2.69. The Balaban J connectivity index is 1.96. The molecule has 2 aromatic rings. The standard InChI is InChI=1S/C13H12ClN3O3/c1-20-13(19)9-2-4-11(5-3-9)16-12(18)8-17-7-10(14)6-15-17/h2-7H,8H2,1H3,(H,16,18). The number of aromatic nitrogens is 2. The first-order valence-electron chi connectivity index (χ1n) is 5.74. The van der Waals surface area contributed by atoms with Crippen LogP contribution in [0, 0.1) is 0 Å². The average molecular weight is 294 g/mol. The lowest BCUT2D eigenvalue weighted by atomic mass is 10.2. The minimum atomic E-state index is -0.422. The lowest BCUT2D eigenvalue weighted by molar-refractivity contribution is -0.116. The van der Waals surface area contributed by atoms with Gasteiger partial charge in [0.25, 0.3) is 0 Å². The normalized spacial score (nSPS) is 10.1. The van der Waals surface area contributed by atoms with Crippen LogP contribution in [0.2, 0.25) is 5.02 Å². The van der Waals surface area contributed by atoms with Crippen molar-refractivity contribution in [1.29, 1.82) is 0 Å². The number of esters is 1. The maximum absolute atomic E-state index is 11.8. The second kappa shape index (κ2) is 6.21. The summed E-state index contributed by atoms with van der Waals surface area (Å²) in [4.78, 5) is 23.0. The fourth-order valence-electron chi connectivity index (χ4n) is 1.58. The molecule has 20 heavy (non-hydrogen) atoms. The number of hydrogen-bond acceptors (Lipinski definition) is 4. The molecule has 1 aromatic heterocycles. The molecule has 104 valence electrons. The summed E-state index contributed by atoms with van der Waals surface area (Å²) in [6.45, 7) is 0.0610. The number of nitrogens with one attached hydrogen (secondary N) is 1. The monoisotopic (exact) mass is 293 g/mol. The van der Waals surface area contributed by atoms with E-state index in [1.165, 1.54) is 18.0 Å². The summed E-state index contributed by atoms with van der Waals surface area (Å²) < 4.78 is 6.02. The van der Waals surface area contributed by atoms with Crippen LogP contribution in [-0.2, 0) is 16.1 Å². The number of nitrogens with zero attached hydrogens (tertiary/aromatic N) is 2. The fourth-order valence-corrected chi connectivity index (χ4v) is 1.74. The topological polar surface area (TPSA) is 73.2 Å². The molecule has 0 radical (unpaired) electrons. The largest absolute Gasteiger partial charge is 0.465 e. The van der Waals surface area contributed by atoms with E-state index in [0.29, 0.717) is 16.3 Å². The van der Waals surface area contributed by atoms with Gasteiger partial charge in [-0.15, -0.1) is 0 Å². The minimum Gasteiger partial charge on any atom is -0.465 e. The summed E-state index contributed by atoms with van der Waals surface area (Å²) in [5, 5.41) is 7.07. The minimum absolute atomic E-state index is 0.0610. The van der Waals surface area contributed by atoms with Crippen LogP contribution in [-0.4, -0.2) is 28.8 Å². The van der Waals surface area contributed by atoms with Crippen molar-refractivity contribution in [2.24, 2.45) is 0 Å². The van der Waals surface area contributed by atoms with E-state index in [1.54, 1.807) is 30.5 Å². The Labute approximate surface area is 120 Å². The lowest BCUT2D eigenvalue weighted by Crippen LogP contribution is -2.19. The molecule has 0 spiro atoms. The Morgan fingerprint density at radius 3 is 2.60 bits per heavy atom. The summed E-state index contributed by atoms with van der Waals surface area (Å²) in [6, 6.07) is 6.40. The third-order valence-electron chi connectivity index (χ3n) is 2.50. The Bertz CT molecular complexity index is 622. The van der Waals surface area contributed by atoms with E-state index in [1.807, 2.05) is 0 Å². The van der Waals surface area contributed by atoms with Gasteiger partial charge >= 0.3 is 5.97 Å². The summed E-state index contributed by atoms with van der Waals surface area (Å²) >= 11 is 5.71. The van der Waals surface area contributed by atoms with E-state index in [9.17, 15) is 9.59 Å². The van der Waals surface area contributed by atoms with Gasteiger partial charge in [-0.2, -0.15) is 5.10 Å². The molecule has 1 heterocycles. The van der Waals surface area contributed by atoms with Crippen molar-refractivity contribution in [3.05, 3.63) is 47.2 Å². The molecular weight excluding hydrogens is 282 g/mol. The molecule has 2 rings (SSSR count). The number of methoxy groups -OCH3 is 1. The Morgan fingerprint density at radius 1 is 1.35 bits per heavy atom. The van der Waals surface area contributed by atoms with Crippen molar-refractivity contribution >= 4 is 29.2 Å². The molecule has 6 nitrogen and oxygen atoms in total. The van der Waals surface area contributed by atoms with Crippen LogP contribution in [0.5, 0.6) is 0 Å². The van der Waals surface area contributed by atoms with E-state index < -0.39 is 5.97 Å². The molecule has 1 amide bonds. The number of ether oxygens (including phenoxy) is 1. The van der Waals surface area contributed by atoms with Gasteiger partial charge < -0.3 is 10.1 Å². The van der Waals surface area contributed by atoms with Crippen LogP contribution in [0.25, 0.3) is 0 Å². The van der Waals surface area contributed by atoms with Crippen LogP contribution >= 0.6 is 11.6 Å². The Kier molecular flexibility index (Phi) is 4.37. The van der Waals surface area contributed by atoms with E-state index in [0.717, 1.165) is 0 Å². The highest BCUT2D eigenvalue weighted by atomic mass is 35.5. The fraction of sp³-hybridized carbons (Fsp3) is 0.154. The molecule has 0 bridgehead atoms. The lowest BCUT2D eigenvalue weighted by Gasteiger charge is -2.06. The third kappa shape index (κ3) is 3.58. The Morgan fingerprint density at radius 2 is 2.05 bits per heavy atom. The Hall–Kier alpha value is -2.34. The first kappa shape index (κ1) is 14.1. The molecular formula is C13H12ClN3O3. The summed E-state index contributed by atoms with van der Waals surface area (Å²) in [5.74, 6) is -0.662. The molecule has 0 atom stereocenters. The first-order valence-corrected chi connectivity index (χ1v) is 6.12. The molecule has 0 saturated heterocycles. The van der Waals surface area contributed by atoms with Gasteiger partial charge in [0.15, 0.2) is 0 Å². The number of hydrogen-bond donors (Lipinski definition) is 1. The molecule has 0 unspecified atom stereocenters. The van der Waals surface area contributed by atoms with Crippen LogP contribution in [0.3, 0.4) is 0 Å². The number of carbonyl (C=O) groups is 2. The molecule has 0 aliphatic carbocycles. The SMILES string of the molecule is COC(=O)c1ccc(NC(=O)Cn2cc(Cl)cn2)cc1. The second-order valence-corrected chi connectivity index (χ2v) is 4.41. The molecule has 0 aliphatic rings. The molecule has 1 N–H and O–H groups in total. The van der Waals surface area contributed by atoms with Crippen LogP contribution in [0.15, 0.2) is 36.7 Å². The molecule has 1 aromatic carbocycles. The number of benzene rings is 1. The highest BCUT2D eigenvalue weighted by Gasteiger charge is 2.07. The second-order valence-electron chi connectivity index (χ2n) is 3.97. The first-order chi connectivity index (χ1) is 9.58. The van der Waals surface area contributed by atoms with Crippen LogP contribution in [0.1, 0.15) is 10.4 Å². The van der Waals surface area contributed by atoms with Crippen molar-refractivity contribution < 1.29 is 14.3 Å². The average Bonchev–Trinajstić information content (AvgIpc) is 2.84.